The molecule has 22 heavy (non-hydrogen) atoms. The van der Waals surface area contributed by atoms with Gasteiger partial charge in [-0.05, 0) is 12.0 Å². The average Bonchev–Trinajstić information content (AvgIpc) is 2.37. The molecule has 0 radical (unpaired) electrons. The number of carbonyl (C=O) groups excluding carboxylic acids is 1. The zero-order valence-corrected chi connectivity index (χ0v) is 12.4. The van der Waals surface area contributed by atoms with Crippen molar-refractivity contribution in [3.8, 4) is 0 Å². The van der Waals surface area contributed by atoms with Crippen LogP contribution in [0.25, 0.3) is 0 Å². The third-order valence-corrected chi connectivity index (χ3v) is 3.35. The van der Waals surface area contributed by atoms with Crippen LogP contribution in [0.5, 0.6) is 0 Å². The maximum Gasteiger partial charge on any atom is 0.401 e. The number of halogens is 3. The number of carbonyl (C=O) groups is 2. The Kier molecular flexibility index (Phi) is 6.73. The highest BCUT2D eigenvalue weighted by molar-refractivity contribution is 7.80. The summed E-state index contributed by atoms with van der Waals surface area (Å²) in [5, 5.41) is 11.0. The summed E-state index contributed by atoms with van der Waals surface area (Å²) in [4.78, 5) is 22.6. The number of rotatable bonds is 7. The number of alkyl halides is 3. The Balaban J connectivity index is 2.80. The minimum atomic E-state index is -4.72. The largest absolute Gasteiger partial charge is 0.481 e. The molecule has 1 amide bonds. The summed E-state index contributed by atoms with van der Waals surface area (Å²) in [6, 6.07) is 7.70. The molecule has 2 N–H and O–H groups in total. The lowest BCUT2D eigenvalue weighted by Crippen LogP contribution is -2.46. The van der Waals surface area contributed by atoms with Crippen molar-refractivity contribution in [2.24, 2.45) is 5.92 Å². The van der Waals surface area contributed by atoms with E-state index in [0.29, 0.717) is 0 Å². The first-order valence-electron chi connectivity index (χ1n) is 6.47. The molecular weight excluding hydrogens is 319 g/mol. The molecule has 0 aliphatic heterocycles. The number of thiol groups is 1. The number of nitrogens with one attached hydrogen (secondary N) is 1. The second kappa shape index (κ2) is 8.07. The lowest BCUT2D eigenvalue weighted by atomic mass is 10.0. The SMILES string of the molecule is O=C(O)CC(Cc1ccccc1)NC(=O)C(CS)C(F)(F)F. The van der Waals surface area contributed by atoms with Gasteiger partial charge in [0.1, 0.15) is 5.92 Å². The van der Waals surface area contributed by atoms with Crippen molar-refractivity contribution in [1.82, 2.24) is 5.32 Å². The Labute approximate surface area is 131 Å². The Morgan fingerprint density at radius 1 is 1.23 bits per heavy atom. The van der Waals surface area contributed by atoms with Crippen LogP contribution in [0.3, 0.4) is 0 Å². The molecule has 0 aromatic heterocycles. The van der Waals surface area contributed by atoms with Crippen LogP contribution in [-0.2, 0) is 16.0 Å². The number of hydrogen-bond acceptors (Lipinski definition) is 3. The topological polar surface area (TPSA) is 66.4 Å². The molecular formula is C14H16F3NO3S. The molecule has 2 unspecified atom stereocenters. The highest BCUT2D eigenvalue weighted by Crippen LogP contribution is 2.27. The summed E-state index contributed by atoms with van der Waals surface area (Å²) in [6.45, 7) is 0. The van der Waals surface area contributed by atoms with Gasteiger partial charge in [0.15, 0.2) is 0 Å². The Bertz CT molecular complexity index is 508. The summed E-state index contributed by atoms with van der Waals surface area (Å²) in [7, 11) is 0. The molecule has 0 saturated carbocycles. The molecule has 0 saturated heterocycles. The maximum atomic E-state index is 12.7. The van der Waals surface area contributed by atoms with Crippen LogP contribution in [0.4, 0.5) is 13.2 Å². The molecule has 4 nitrogen and oxygen atoms in total. The van der Waals surface area contributed by atoms with E-state index in [4.69, 9.17) is 5.11 Å². The van der Waals surface area contributed by atoms with Crippen molar-refractivity contribution in [2.45, 2.75) is 25.1 Å². The minimum Gasteiger partial charge on any atom is -0.481 e. The summed E-state index contributed by atoms with van der Waals surface area (Å²) in [5.74, 6) is -5.41. The number of carboxylic acid groups (broad SMARTS) is 1. The van der Waals surface area contributed by atoms with E-state index in [-0.39, 0.29) is 6.42 Å². The summed E-state index contributed by atoms with van der Waals surface area (Å²) in [6.07, 6.45) is -5.04. The second-order valence-corrected chi connectivity index (χ2v) is 5.14. The van der Waals surface area contributed by atoms with Crippen LogP contribution in [-0.4, -0.2) is 35.0 Å². The molecule has 0 fully saturated rings. The van der Waals surface area contributed by atoms with Crippen LogP contribution in [0, 0.1) is 5.92 Å². The molecule has 0 aliphatic rings. The third kappa shape index (κ3) is 5.97. The molecule has 8 heteroatoms. The summed E-state index contributed by atoms with van der Waals surface area (Å²) >= 11 is 3.54. The van der Waals surface area contributed by atoms with E-state index < -0.39 is 42.2 Å². The zero-order valence-electron chi connectivity index (χ0n) is 11.5. The Hall–Kier alpha value is -1.70. The van der Waals surface area contributed by atoms with Crippen molar-refractivity contribution in [3.63, 3.8) is 0 Å². The van der Waals surface area contributed by atoms with Crippen molar-refractivity contribution >= 4 is 24.5 Å². The highest BCUT2D eigenvalue weighted by Gasteiger charge is 2.44. The van der Waals surface area contributed by atoms with Crippen LogP contribution in [0.2, 0.25) is 0 Å². The van der Waals surface area contributed by atoms with E-state index in [0.717, 1.165) is 5.56 Å². The first kappa shape index (κ1) is 18.3. The van der Waals surface area contributed by atoms with Gasteiger partial charge < -0.3 is 10.4 Å². The first-order valence-corrected chi connectivity index (χ1v) is 7.11. The van der Waals surface area contributed by atoms with Gasteiger partial charge in [-0.3, -0.25) is 9.59 Å². The zero-order chi connectivity index (χ0) is 16.8. The molecule has 0 heterocycles. The van der Waals surface area contributed by atoms with Gasteiger partial charge in [-0.15, -0.1) is 0 Å². The van der Waals surface area contributed by atoms with E-state index in [9.17, 15) is 22.8 Å². The van der Waals surface area contributed by atoms with Gasteiger partial charge in [0.2, 0.25) is 5.91 Å². The van der Waals surface area contributed by atoms with E-state index in [1.165, 1.54) is 0 Å². The predicted molar refractivity (Wildman–Crippen MR) is 77.7 cm³/mol. The number of amides is 1. The lowest BCUT2D eigenvalue weighted by molar-refractivity contribution is -0.178. The molecule has 0 aliphatic carbocycles. The van der Waals surface area contributed by atoms with E-state index in [1.807, 2.05) is 0 Å². The van der Waals surface area contributed by atoms with Gasteiger partial charge >= 0.3 is 12.1 Å². The maximum absolute atomic E-state index is 12.7. The number of benzene rings is 1. The van der Waals surface area contributed by atoms with Gasteiger partial charge in [-0.1, -0.05) is 30.3 Å². The van der Waals surface area contributed by atoms with Crippen LogP contribution >= 0.6 is 12.6 Å². The second-order valence-electron chi connectivity index (χ2n) is 4.77. The molecule has 0 spiro atoms. The van der Waals surface area contributed by atoms with Crippen LogP contribution < -0.4 is 5.32 Å². The van der Waals surface area contributed by atoms with E-state index >= 15 is 0 Å². The average molecular weight is 335 g/mol. The molecule has 2 atom stereocenters. The van der Waals surface area contributed by atoms with Crippen LogP contribution in [0.1, 0.15) is 12.0 Å². The first-order chi connectivity index (χ1) is 10.2. The fourth-order valence-electron chi connectivity index (χ4n) is 1.92. The molecule has 1 rings (SSSR count). The van der Waals surface area contributed by atoms with E-state index in [2.05, 4.69) is 17.9 Å². The minimum absolute atomic E-state index is 0.135. The van der Waals surface area contributed by atoms with Crippen molar-refractivity contribution < 1.29 is 27.9 Å². The van der Waals surface area contributed by atoms with Gasteiger partial charge in [0.05, 0.1) is 6.42 Å². The molecule has 0 bridgehead atoms. The fraction of sp³-hybridized carbons (Fsp3) is 0.429. The predicted octanol–water partition coefficient (Wildman–Crippen LogP) is 2.30. The lowest BCUT2D eigenvalue weighted by Gasteiger charge is -2.22. The highest BCUT2D eigenvalue weighted by atomic mass is 32.1. The number of carboxylic acids is 1. The smallest absolute Gasteiger partial charge is 0.401 e. The van der Waals surface area contributed by atoms with Crippen molar-refractivity contribution in [1.29, 1.82) is 0 Å². The Morgan fingerprint density at radius 3 is 2.27 bits per heavy atom. The molecule has 1 aromatic rings. The van der Waals surface area contributed by atoms with Gasteiger partial charge in [-0.2, -0.15) is 25.8 Å². The number of aliphatic carboxylic acids is 1. The standard InChI is InChI=1S/C14H16F3NO3S/c15-14(16,17)11(8-22)13(21)18-10(7-12(19)20)6-9-4-2-1-3-5-9/h1-5,10-11,22H,6-8H2,(H,18,21)(H,19,20). The molecule has 1 aromatic carbocycles. The monoisotopic (exact) mass is 335 g/mol. The Morgan fingerprint density at radius 2 is 1.82 bits per heavy atom. The third-order valence-electron chi connectivity index (χ3n) is 2.99. The molecule has 122 valence electrons. The van der Waals surface area contributed by atoms with Crippen molar-refractivity contribution in [3.05, 3.63) is 35.9 Å². The number of hydrogen-bond donors (Lipinski definition) is 3. The fourth-order valence-corrected chi connectivity index (χ4v) is 2.29. The van der Waals surface area contributed by atoms with E-state index in [1.54, 1.807) is 30.3 Å². The van der Waals surface area contributed by atoms with Gasteiger partial charge in [0.25, 0.3) is 0 Å². The van der Waals surface area contributed by atoms with Gasteiger partial charge in [0, 0.05) is 11.8 Å². The van der Waals surface area contributed by atoms with Crippen molar-refractivity contribution in [2.75, 3.05) is 5.75 Å². The van der Waals surface area contributed by atoms with Crippen LogP contribution in [0.15, 0.2) is 30.3 Å². The van der Waals surface area contributed by atoms with Gasteiger partial charge in [-0.25, -0.2) is 0 Å². The summed E-state index contributed by atoms with van der Waals surface area (Å²) in [5.41, 5.74) is 0.725. The quantitative estimate of drug-likeness (QED) is 0.670. The normalized spacial score (nSPS) is 14.2. The summed E-state index contributed by atoms with van der Waals surface area (Å²) < 4.78 is 38.1.